The molecule has 0 saturated carbocycles. The van der Waals surface area contributed by atoms with Crippen molar-refractivity contribution in [2.75, 3.05) is 19.8 Å². The maximum atomic E-state index is 13.0. The highest BCUT2D eigenvalue weighted by Gasteiger charge is 2.38. The third-order valence-electron chi connectivity index (χ3n) is 4.63. The summed E-state index contributed by atoms with van der Waals surface area (Å²) in [6.07, 6.45) is 0. The zero-order valence-electron chi connectivity index (χ0n) is 16.7. The lowest BCUT2D eigenvalue weighted by Crippen LogP contribution is -2.49. The fourth-order valence-electron chi connectivity index (χ4n) is 3.29. The molecular weight excluding hydrogens is 427 g/mol. The predicted octanol–water partition coefficient (Wildman–Crippen LogP) is 4.98. The number of para-hydroxylation sites is 1. The summed E-state index contributed by atoms with van der Waals surface area (Å²) in [6.45, 7) is 4.06. The standard InChI is InChI=1S/C22H22Cl2N2O4/c1-3-26-17(13-30-18-11-6-5-10-16(18)24)19(21(27)29-4-2)20(25-22(26)28)14-8-7-9-15(23)12-14/h5-12,20H,3-4,13H2,1-2H3,(H,25,28). The molecule has 6 nitrogen and oxygen atoms in total. The number of esters is 1. The summed E-state index contributed by atoms with van der Waals surface area (Å²) >= 11 is 12.3. The third kappa shape index (κ3) is 4.71. The maximum Gasteiger partial charge on any atom is 0.338 e. The molecule has 1 N–H and O–H groups in total. The number of nitrogens with one attached hydrogen (secondary N) is 1. The molecule has 0 radical (unpaired) electrons. The summed E-state index contributed by atoms with van der Waals surface area (Å²) in [7, 11) is 0. The van der Waals surface area contributed by atoms with Crippen LogP contribution in [0.5, 0.6) is 5.75 Å². The monoisotopic (exact) mass is 448 g/mol. The van der Waals surface area contributed by atoms with Gasteiger partial charge in [0.15, 0.2) is 0 Å². The fraction of sp³-hybridized carbons (Fsp3) is 0.273. The Morgan fingerprint density at radius 1 is 1.13 bits per heavy atom. The van der Waals surface area contributed by atoms with E-state index in [4.69, 9.17) is 32.7 Å². The van der Waals surface area contributed by atoms with Crippen LogP contribution in [0, 0.1) is 0 Å². The van der Waals surface area contributed by atoms with Gasteiger partial charge in [-0.2, -0.15) is 0 Å². The number of hydrogen-bond acceptors (Lipinski definition) is 4. The molecule has 2 aromatic carbocycles. The highest BCUT2D eigenvalue weighted by molar-refractivity contribution is 6.32. The zero-order chi connectivity index (χ0) is 21.7. The van der Waals surface area contributed by atoms with Gasteiger partial charge in [-0.1, -0.05) is 47.5 Å². The molecule has 1 atom stereocenters. The SMILES string of the molecule is CCOC(=O)C1=C(COc2ccccc2Cl)N(CC)C(=O)NC1c1cccc(Cl)c1. The summed E-state index contributed by atoms with van der Waals surface area (Å²) in [6, 6.07) is 12.9. The molecule has 1 aliphatic heterocycles. The van der Waals surface area contributed by atoms with Crippen LogP contribution in [0.2, 0.25) is 10.0 Å². The first-order chi connectivity index (χ1) is 14.5. The second kappa shape index (κ2) is 9.87. The van der Waals surface area contributed by atoms with Crippen molar-refractivity contribution in [1.29, 1.82) is 0 Å². The van der Waals surface area contributed by atoms with Crippen molar-refractivity contribution in [3.8, 4) is 5.75 Å². The second-order valence-corrected chi connectivity index (χ2v) is 7.33. The number of nitrogens with zero attached hydrogens (tertiary/aromatic N) is 1. The van der Waals surface area contributed by atoms with Gasteiger partial charge in [0.1, 0.15) is 12.4 Å². The Kier molecular flexibility index (Phi) is 7.24. The quantitative estimate of drug-likeness (QED) is 0.606. The van der Waals surface area contributed by atoms with Crippen molar-refractivity contribution < 1.29 is 19.1 Å². The van der Waals surface area contributed by atoms with Crippen LogP contribution in [0.15, 0.2) is 59.8 Å². The van der Waals surface area contributed by atoms with Gasteiger partial charge in [0.05, 0.1) is 28.9 Å². The average molecular weight is 449 g/mol. The Morgan fingerprint density at radius 2 is 1.90 bits per heavy atom. The molecule has 0 spiro atoms. The number of halogens is 2. The van der Waals surface area contributed by atoms with Gasteiger partial charge in [-0.25, -0.2) is 9.59 Å². The number of carbonyl (C=O) groups is 2. The van der Waals surface area contributed by atoms with E-state index in [1.807, 2.05) is 6.92 Å². The van der Waals surface area contributed by atoms with Gasteiger partial charge in [-0.15, -0.1) is 0 Å². The Hall–Kier alpha value is -2.70. The number of urea groups is 1. The Morgan fingerprint density at radius 3 is 2.57 bits per heavy atom. The lowest BCUT2D eigenvalue weighted by Gasteiger charge is -2.36. The van der Waals surface area contributed by atoms with Gasteiger partial charge in [-0.05, 0) is 43.7 Å². The average Bonchev–Trinajstić information content (AvgIpc) is 2.72. The van der Waals surface area contributed by atoms with E-state index in [9.17, 15) is 9.59 Å². The largest absolute Gasteiger partial charge is 0.486 e. The molecule has 0 aromatic heterocycles. The van der Waals surface area contributed by atoms with Gasteiger partial charge in [0.2, 0.25) is 0 Å². The molecule has 1 aliphatic rings. The van der Waals surface area contributed by atoms with Crippen molar-refractivity contribution in [2.45, 2.75) is 19.9 Å². The number of hydrogen-bond donors (Lipinski definition) is 1. The third-order valence-corrected chi connectivity index (χ3v) is 5.18. The molecule has 0 fully saturated rings. The first-order valence-electron chi connectivity index (χ1n) is 9.57. The molecule has 0 saturated heterocycles. The summed E-state index contributed by atoms with van der Waals surface area (Å²) in [4.78, 5) is 27.2. The molecule has 3 rings (SSSR count). The summed E-state index contributed by atoms with van der Waals surface area (Å²) in [5.74, 6) is -0.0742. The molecule has 1 unspecified atom stereocenters. The molecule has 1 heterocycles. The van der Waals surface area contributed by atoms with Crippen molar-refractivity contribution >= 4 is 35.2 Å². The fourth-order valence-corrected chi connectivity index (χ4v) is 3.68. The minimum absolute atomic E-state index is 0.0315. The van der Waals surface area contributed by atoms with E-state index in [2.05, 4.69) is 5.32 Å². The van der Waals surface area contributed by atoms with Crippen LogP contribution in [0.1, 0.15) is 25.5 Å². The number of benzene rings is 2. The predicted molar refractivity (Wildman–Crippen MR) is 116 cm³/mol. The summed E-state index contributed by atoms with van der Waals surface area (Å²) in [5.41, 5.74) is 1.39. The summed E-state index contributed by atoms with van der Waals surface area (Å²) in [5, 5.41) is 3.81. The van der Waals surface area contributed by atoms with E-state index in [0.717, 1.165) is 0 Å². The van der Waals surface area contributed by atoms with E-state index < -0.39 is 12.0 Å². The Balaban J connectivity index is 2.09. The minimum atomic E-state index is -0.720. The number of rotatable bonds is 7. The Labute approximate surface area is 185 Å². The van der Waals surface area contributed by atoms with Crippen LogP contribution in [0.3, 0.4) is 0 Å². The molecular formula is C22H22Cl2N2O4. The van der Waals surface area contributed by atoms with Crippen LogP contribution < -0.4 is 10.1 Å². The first kappa shape index (κ1) is 22.0. The lowest BCUT2D eigenvalue weighted by atomic mass is 9.94. The van der Waals surface area contributed by atoms with Crippen LogP contribution >= 0.6 is 23.2 Å². The van der Waals surface area contributed by atoms with Crippen LogP contribution in [-0.4, -0.2) is 36.7 Å². The van der Waals surface area contributed by atoms with Crippen molar-refractivity contribution in [3.05, 3.63) is 75.4 Å². The second-order valence-electron chi connectivity index (χ2n) is 6.48. The maximum absolute atomic E-state index is 13.0. The molecule has 2 amide bonds. The normalized spacial score (nSPS) is 16.3. The molecule has 158 valence electrons. The molecule has 8 heteroatoms. The van der Waals surface area contributed by atoms with E-state index in [0.29, 0.717) is 39.2 Å². The van der Waals surface area contributed by atoms with Crippen molar-refractivity contribution in [2.24, 2.45) is 0 Å². The number of carbonyl (C=O) groups excluding carboxylic acids is 2. The number of likely N-dealkylation sites (N-methyl/N-ethyl adjacent to an activating group) is 1. The zero-order valence-corrected chi connectivity index (χ0v) is 18.2. The topological polar surface area (TPSA) is 67.9 Å². The lowest BCUT2D eigenvalue weighted by molar-refractivity contribution is -0.139. The van der Waals surface area contributed by atoms with E-state index in [1.54, 1.807) is 55.5 Å². The van der Waals surface area contributed by atoms with Crippen LogP contribution in [0.25, 0.3) is 0 Å². The summed E-state index contributed by atoms with van der Waals surface area (Å²) < 4.78 is 11.2. The smallest absolute Gasteiger partial charge is 0.338 e. The molecule has 0 aliphatic carbocycles. The molecule has 30 heavy (non-hydrogen) atoms. The number of ether oxygens (including phenoxy) is 2. The van der Waals surface area contributed by atoms with Gasteiger partial charge >= 0.3 is 12.0 Å². The van der Waals surface area contributed by atoms with E-state index >= 15 is 0 Å². The molecule has 0 bridgehead atoms. The van der Waals surface area contributed by atoms with Gasteiger partial charge in [0.25, 0.3) is 0 Å². The van der Waals surface area contributed by atoms with Gasteiger partial charge in [0, 0.05) is 11.6 Å². The van der Waals surface area contributed by atoms with E-state index in [-0.39, 0.29) is 19.2 Å². The Bertz CT molecular complexity index is 977. The van der Waals surface area contributed by atoms with Crippen molar-refractivity contribution in [1.82, 2.24) is 10.2 Å². The highest BCUT2D eigenvalue weighted by atomic mass is 35.5. The van der Waals surface area contributed by atoms with Crippen LogP contribution in [-0.2, 0) is 9.53 Å². The highest BCUT2D eigenvalue weighted by Crippen LogP contribution is 2.33. The van der Waals surface area contributed by atoms with Gasteiger partial charge in [-0.3, -0.25) is 4.90 Å². The first-order valence-corrected chi connectivity index (χ1v) is 10.3. The van der Waals surface area contributed by atoms with Crippen molar-refractivity contribution in [3.63, 3.8) is 0 Å². The molecule has 2 aromatic rings. The van der Waals surface area contributed by atoms with E-state index in [1.165, 1.54) is 4.90 Å². The van der Waals surface area contributed by atoms with Crippen LogP contribution in [0.4, 0.5) is 4.79 Å². The minimum Gasteiger partial charge on any atom is -0.486 e. The van der Waals surface area contributed by atoms with Gasteiger partial charge < -0.3 is 14.8 Å². The number of amides is 2.